The molecule has 2 atom stereocenters. The van der Waals surface area contributed by atoms with E-state index in [9.17, 15) is 4.79 Å². The Morgan fingerprint density at radius 2 is 1.89 bits per heavy atom. The van der Waals surface area contributed by atoms with E-state index < -0.39 is 0 Å². The van der Waals surface area contributed by atoms with Crippen molar-refractivity contribution in [1.82, 2.24) is 4.90 Å². The zero-order chi connectivity index (χ0) is 13.8. The third-order valence-corrected chi connectivity index (χ3v) is 3.56. The van der Waals surface area contributed by atoms with Gasteiger partial charge >= 0.3 is 0 Å². The van der Waals surface area contributed by atoms with Gasteiger partial charge in [0.05, 0.1) is 13.7 Å². The summed E-state index contributed by atoms with van der Waals surface area (Å²) in [5, 5.41) is 0. The lowest BCUT2D eigenvalue weighted by Gasteiger charge is -2.17. The van der Waals surface area contributed by atoms with Crippen LogP contribution in [0.1, 0.15) is 13.3 Å². The van der Waals surface area contributed by atoms with E-state index in [1.54, 1.807) is 12.0 Å². The average Bonchev–Trinajstić information content (AvgIpc) is 3.15. The molecule has 1 aromatic carbocycles. The second-order valence-corrected chi connectivity index (χ2v) is 5.10. The van der Waals surface area contributed by atoms with Crippen LogP contribution in [0.4, 0.5) is 0 Å². The standard InChI is InChI=1S/C15H21NO3/c1-11-10-14(11)15(17)16(2)8-9-19-13-6-4-12(18-3)5-7-13/h4-7,11,14H,8-10H2,1-3H3/t11-,14-/m1/s1. The van der Waals surface area contributed by atoms with Gasteiger partial charge in [0.25, 0.3) is 0 Å². The number of ether oxygens (including phenoxy) is 2. The van der Waals surface area contributed by atoms with Crippen LogP contribution < -0.4 is 9.47 Å². The van der Waals surface area contributed by atoms with Gasteiger partial charge in [0.2, 0.25) is 5.91 Å². The van der Waals surface area contributed by atoms with Crippen molar-refractivity contribution in [2.24, 2.45) is 11.8 Å². The maximum absolute atomic E-state index is 11.9. The molecule has 1 amide bonds. The smallest absolute Gasteiger partial charge is 0.225 e. The Hall–Kier alpha value is -1.71. The number of hydrogen-bond acceptors (Lipinski definition) is 3. The monoisotopic (exact) mass is 263 g/mol. The van der Waals surface area contributed by atoms with Crippen LogP contribution in [0, 0.1) is 11.8 Å². The number of carbonyl (C=O) groups is 1. The zero-order valence-corrected chi connectivity index (χ0v) is 11.8. The molecule has 4 nitrogen and oxygen atoms in total. The van der Waals surface area contributed by atoms with E-state index in [1.165, 1.54) is 0 Å². The molecule has 2 rings (SSSR count). The van der Waals surface area contributed by atoms with Crippen LogP contribution in [-0.4, -0.2) is 38.1 Å². The summed E-state index contributed by atoms with van der Waals surface area (Å²) in [6.45, 7) is 3.24. The molecule has 0 aliphatic heterocycles. The number of benzene rings is 1. The van der Waals surface area contributed by atoms with Gasteiger partial charge in [0, 0.05) is 13.0 Å². The number of methoxy groups -OCH3 is 1. The molecular weight excluding hydrogens is 242 g/mol. The number of likely N-dealkylation sites (N-methyl/N-ethyl adjacent to an activating group) is 1. The highest BCUT2D eigenvalue weighted by Crippen LogP contribution is 2.38. The quantitative estimate of drug-likeness (QED) is 0.789. The highest BCUT2D eigenvalue weighted by atomic mass is 16.5. The summed E-state index contributed by atoms with van der Waals surface area (Å²) in [5.74, 6) is 2.64. The molecule has 0 radical (unpaired) electrons. The van der Waals surface area contributed by atoms with E-state index in [2.05, 4.69) is 6.92 Å². The fourth-order valence-electron chi connectivity index (χ4n) is 2.03. The SMILES string of the molecule is COc1ccc(OCCN(C)C(=O)[C@@H]2C[C@H]2C)cc1. The number of nitrogens with zero attached hydrogens (tertiary/aromatic N) is 1. The summed E-state index contributed by atoms with van der Waals surface area (Å²) in [4.78, 5) is 13.7. The molecule has 0 heterocycles. The van der Waals surface area contributed by atoms with Crippen LogP contribution in [0.2, 0.25) is 0 Å². The maximum Gasteiger partial charge on any atom is 0.225 e. The lowest BCUT2D eigenvalue weighted by atomic mass is 10.3. The van der Waals surface area contributed by atoms with Gasteiger partial charge in [-0.2, -0.15) is 0 Å². The zero-order valence-electron chi connectivity index (χ0n) is 11.8. The van der Waals surface area contributed by atoms with E-state index in [-0.39, 0.29) is 11.8 Å². The first-order chi connectivity index (χ1) is 9.11. The van der Waals surface area contributed by atoms with Gasteiger partial charge in [-0.25, -0.2) is 0 Å². The third kappa shape index (κ3) is 3.63. The molecule has 0 saturated heterocycles. The van der Waals surface area contributed by atoms with Gasteiger partial charge in [-0.1, -0.05) is 6.92 Å². The van der Waals surface area contributed by atoms with Crippen molar-refractivity contribution in [2.45, 2.75) is 13.3 Å². The molecule has 19 heavy (non-hydrogen) atoms. The predicted octanol–water partition coefficient (Wildman–Crippen LogP) is 2.19. The normalized spacial score (nSPS) is 20.8. The molecular formula is C15H21NO3. The van der Waals surface area contributed by atoms with Gasteiger partial charge < -0.3 is 14.4 Å². The van der Waals surface area contributed by atoms with Crippen LogP contribution in [0.25, 0.3) is 0 Å². The molecule has 0 bridgehead atoms. The summed E-state index contributed by atoms with van der Waals surface area (Å²) in [6, 6.07) is 7.44. The van der Waals surface area contributed by atoms with Gasteiger partial charge in [-0.3, -0.25) is 4.79 Å². The maximum atomic E-state index is 11.9. The van der Waals surface area contributed by atoms with Crippen LogP contribution in [0.3, 0.4) is 0 Å². The van der Waals surface area contributed by atoms with Crippen molar-refractivity contribution in [3.05, 3.63) is 24.3 Å². The highest BCUT2D eigenvalue weighted by Gasteiger charge is 2.40. The van der Waals surface area contributed by atoms with Crippen LogP contribution in [0.15, 0.2) is 24.3 Å². The fraction of sp³-hybridized carbons (Fsp3) is 0.533. The summed E-state index contributed by atoms with van der Waals surface area (Å²) < 4.78 is 10.7. The fourth-order valence-corrected chi connectivity index (χ4v) is 2.03. The number of hydrogen-bond donors (Lipinski definition) is 0. The van der Waals surface area contributed by atoms with Gasteiger partial charge in [-0.05, 0) is 36.6 Å². The first-order valence-electron chi connectivity index (χ1n) is 6.63. The minimum absolute atomic E-state index is 0.242. The number of carbonyl (C=O) groups excluding carboxylic acids is 1. The summed E-state index contributed by atoms with van der Waals surface area (Å²) in [6.07, 6.45) is 1.03. The Balaban J connectivity index is 1.71. The summed E-state index contributed by atoms with van der Waals surface area (Å²) in [5.41, 5.74) is 0. The van der Waals surface area contributed by atoms with Crippen molar-refractivity contribution >= 4 is 5.91 Å². The van der Waals surface area contributed by atoms with E-state index in [0.717, 1.165) is 17.9 Å². The Kier molecular flexibility index (Phi) is 4.30. The second-order valence-electron chi connectivity index (χ2n) is 5.10. The molecule has 1 aromatic rings. The lowest BCUT2D eigenvalue weighted by molar-refractivity contribution is -0.131. The van der Waals surface area contributed by atoms with Crippen molar-refractivity contribution in [3.63, 3.8) is 0 Å². The predicted molar refractivity (Wildman–Crippen MR) is 73.4 cm³/mol. The van der Waals surface area contributed by atoms with Crippen molar-refractivity contribution in [3.8, 4) is 11.5 Å². The Morgan fingerprint density at radius 3 is 2.42 bits per heavy atom. The first-order valence-corrected chi connectivity index (χ1v) is 6.63. The minimum atomic E-state index is 0.242. The molecule has 0 N–H and O–H groups in total. The first kappa shape index (κ1) is 13.7. The van der Waals surface area contributed by atoms with Gasteiger partial charge in [-0.15, -0.1) is 0 Å². The number of rotatable bonds is 6. The van der Waals surface area contributed by atoms with E-state index in [4.69, 9.17) is 9.47 Å². The topological polar surface area (TPSA) is 38.8 Å². The Bertz CT molecular complexity index is 430. The average molecular weight is 263 g/mol. The molecule has 104 valence electrons. The van der Waals surface area contributed by atoms with Crippen molar-refractivity contribution in [1.29, 1.82) is 0 Å². The molecule has 0 unspecified atom stereocenters. The number of amides is 1. The van der Waals surface area contributed by atoms with E-state index in [1.807, 2.05) is 31.3 Å². The summed E-state index contributed by atoms with van der Waals surface area (Å²) >= 11 is 0. The van der Waals surface area contributed by atoms with Gasteiger partial charge in [0.1, 0.15) is 18.1 Å². The van der Waals surface area contributed by atoms with Crippen LogP contribution in [-0.2, 0) is 4.79 Å². The van der Waals surface area contributed by atoms with Crippen molar-refractivity contribution < 1.29 is 14.3 Å². The molecule has 0 aromatic heterocycles. The molecule has 1 fully saturated rings. The summed E-state index contributed by atoms with van der Waals surface area (Å²) in [7, 11) is 3.47. The van der Waals surface area contributed by atoms with Crippen LogP contribution in [0.5, 0.6) is 11.5 Å². The largest absolute Gasteiger partial charge is 0.497 e. The Morgan fingerprint density at radius 1 is 1.32 bits per heavy atom. The minimum Gasteiger partial charge on any atom is -0.497 e. The third-order valence-electron chi connectivity index (χ3n) is 3.56. The van der Waals surface area contributed by atoms with Crippen LogP contribution >= 0.6 is 0 Å². The van der Waals surface area contributed by atoms with Gasteiger partial charge in [0.15, 0.2) is 0 Å². The molecule has 1 aliphatic rings. The van der Waals surface area contributed by atoms with Crippen molar-refractivity contribution in [2.75, 3.05) is 27.3 Å². The molecule has 0 spiro atoms. The lowest BCUT2D eigenvalue weighted by Crippen LogP contribution is -2.32. The Labute approximate surface area is 114 Å². The highest BCUT2D eigenvalue weighted by molar-refractivity contribution is 5.81. The van der Waals surface area contributed by atoms with E-state index >= 15 is 0 Å². The second kappa shape index (κ2) is 5.95. The molecule has 1 saturated carbocycles. The molecule has 4 heteroatoms. The van der Waals surface area contributed by atoms with E-state index in [0.29, 0.717) is 19.1 Å². The molecule has 1 aliphatic carbocycles.